The molecule has 0 saturated carbocycles. The third kappa shape index (κ3) is 3.04. The summed E-state index contributed by atoms with van der Waals surface area (Å²) in [4.78, 5) is 8.61. The fourth-order valence-electron chi connectivity index (χ4n) is 3.28. The normalized spacial score (nSPS) is 13.9. The number of unbranched alkanes of at least 4 members (excludes halogenated alkanes) is 1. The number of pyridine rings is 1. The summed E-state index contributed by atoms with van der Waals surface area (Å²) in [6.45, 7) is 1.59. The highest BCUT2D eigenvalue weighted by Gasteiger charge is 2.10. The molecule has 1 aliphatic heterocycles. The van der Waals surface area contributed by atoms with Crippen molar-refractivity contribution in [3.8, 4) is 5.69 Å². The first-order chi connectivity index (χ1) is 11.9. The number of benzene rings is 1. The van der Waals surface area contributed by atoms with Crippen LogP contribution in [0.15, 0.2) is 60.0 Å². The number of para-hydroxylation sites is 1. The lowest BCUT2D eigenvalue weighted by Crippen LogP contribution is -1.98. The first kappa shape index (κ1) is 14.9. The molecule has 3 heterocycles. The Morgan fingerprint density at radius 3 is 2.79 bits per heavy atom. The van der Waals surface area contributed by atoms with Crippen LogP contribution in [-0.2, 0) is 11.2 Å². The van der Waals surface area contributed by atoms with Crippen molar-refractivity contribution in [3.63, 3.8) is 0 Å². The Hall–Kier alpha value is -2.62. The molecule has 0 atom stereocenters. The zero-order chi connectivity index (χ0) is 16.2. The second-order valence-corrected chi connectivity index (χ2v) is 6.08. The molecule has 0 amide bonds. The summed E-state index contributed by atoms with van der Waals surface area (Å²) in [5, 5.41) is 1.33. The van der Waals surface area contributed by atoms with Gasteiger partial charge in [0.05, 0.1) is 23.9 Å². The van der Waals surface area contributed by atoms with Crippen molar-refractivity contribution < 1.29 is 4.74 Å². The molecule has 1 aromatic carbocycles. The third-order valence-corrected chi connectivity index (χ3v) is 4.45. The summed E-state index contributed by atoms with van der Waals surface area (Å²) in [5.41, 5.74) is 3.74. The summed E-state index contributed by atoms with van der Waals surface area (Å²) in [5.74, 6) is 0.938. The van der Waals surface area contributed by atoms with Crippen molar-refractivity contribution >= 4 is 16.8 Å². The molecule has 122 valence electrons. The fourth-order valence-corrected chi connectivity index (χ4v) is 3.28. The van der Waals surface area contributed by atoms with E-state index >= 15 is 0 Å². The Kier molecular flexibility index (Phi) is 4.28. The van der Waals surface area contributed by atoms with Gasteiger partial charge in [0.1, 0.15) is 6.61 Å². The first-order valence-electron chi connectivity index (χ1n) is 8.57. The largest absolute Gasteiger partial charge is 0.479 e. The molecule has 2 aromatic heterocycles. The molecule has 0 N–H and O–H groups in total. The van der Waals surface area contributed by atoms with Crippen LogP contribution in [0.4, 0.5) is 0 Å². The smallest absolute Gasteiger partial charge is 0.183 e. The van der Waals surface area contributed by atoms with Gasteiger partial charge in [-0.3, -0.25) is 9.98 Å². The van der Waals surface area contributed by atoms with Crippen LogP contribution in [0.25, 0.3) is 16.6 Å². The fraction of sp³-hybridized carbons (Fsp3) is 0.300. The monoisotopic (exact) mass is 319 g/mol. The lowest BCUT2D eigenvalue weighted by Gasteiger charge is -2.03. The van der Waals surface area contributed by atoms with Crippen molar-refractivity contribution in [3.05, 3.63) is 60.6 Å². The van der Waals surface area contributed by atoms with Gasteiger partial charge < -0.3 is 9.30 Å². The Morgan fingerprint density at radius 1 is 1.04 bits per heavy atom. The van der Waals surface area contributed by atoms with E-state index in [1.54, 1.807) is 0 Å². The van der Waals surface area contributed by atoms with E-state index in [2.05, 4.69) is 51.1 Å². The summed E-state index contributed by atoms with van der Waals surface area (Å²) in [7, 11) is 0. The third-order valence-electron chi connectivity index (χ3n) is 4.45. The zero-order valence-corrected chi connectivity index (χ0v) is 13.7. The minimum absolute atomic E-state index is 0.758. The predicted octanol–water partition coefficient (Wildman–Crippen LogP) is 4.17. The summed E-state index contributed by atoms with van der Waals surface area (Å²) >= 11 is 0. The topological polar surface area (TPSA) is 39.4 Å². The van der Waals surface area contributed by atoms with Gasteiger partial charge in [-0.05, 0) is 43.0 Å². The van der Waals surface area contributed by atoms with Gasteiger partial charge in [-0.1, -0.05) is 18.2 Å². The molecule has 0 unspecified atom stereocenters. The lowest BCUT2D eigenvalue weighted by molar-refractivity contribution is 0.337. The van der Waals surface area contributed by atoms with Gasteiger partial charge >= 0.3 is 0 Å². The van der Waals surface area contributed by atoms with Crippen LogP contribution in [0.2, 0.25) is 0 Å². The molecule has 0 saturated heterocycles. The quantitative estimate of drug-likeness (QED) is 0.640. The van der Waals surface area contributed by atoms with Gasteiger partial charge in [0.2, 0.25) is 0 Å². The Labute approximate surface area is 141 Å². The minimum Gasteiger partial charge on any atom is -0.479 e. The number of hydrogen-bond donors (Lipinski definition) is 0. The van der Waals surface area contributed by atoms with Crippen LogP contribution >= 0.6 is 0 Å². The number of ether oxygens (including phenoxy) is 1. The average molecular weight is 319 g/mol. The van der Waals surface area contributed by atoms with E-state index in [1.165, 1.54) is 16.5 Å². The van der Waals surface area contributed by atoms with Crippen molar-refractivity contribution in [1.29, 1.82) is 0 Å². The summed E-state index contributed by atoms with van der Waals surface area (Å²) in [6.07, 6.45) is 10.3. The maximum atomic E-state index is 5.48. The Morgan fingerprint density at radius 2 is 1.96 bits per heavy atom. The second kappa shape index (κ2) is 6.87. The Bertz CT molecular complexity index is 852. The van der Waals surface area contributed by atoms with Crippen LogP contribution in [0.3, 0.4) is 0 Å². The highest BCUT2D eigenvalue weighted by atomic mass is 16.5. The molecule has 0 bridgehead atoms. The molecule has 0 spiro atoms. The molecule has 4 nitrogen and oxygen atoms in total. The van der Waals surface area contributed by atoms with Crippen LogP contribution in [0.5, 0.6) is 0 Å². The summed E-state index contributed by atoms with van der Waals surface area (Å²) in [6, 6.07) is 12.7. The molecule has 1 aliphatic rings. The number of rotatable bonds is 6. The highest BCUT2D eigenvalue weighted by molar-refractivity contribution is 5.85. The molecule has 0 fully saturated rings. The second-order valence-electron chi connectivity index (χ2n) is 6.08. The Balaban J connectivity index is 1.52. The molecule has 4 rings (SSSR count). The first-order valence-corrected chi connectivity index (χ1v) is 8.57. The van der Waals surface area contributed by atoms with Gasteiger partial charge in [-0.15, -0.1) is 0 Å². The van der Waals surface area contributed by atoms with Crippen LogP contribution in [0.1, 0.15) is 24.8 Å². The number of hydrogen-bond acceptors (Lipinski definition) is 3. The molecule has 0 aliphatic carbocycles. The zero-order valence-electron chi connectivity index (χ0n) is 13.7. The van der Waals surface area contributed by atoms with Crippen molar-refractivity contribution in [2.75, 3.05) is 13.2 Å². The number of fused-ring (bicyclic) bond motifs is 1. The van der Waals surface area contributed by atoms with E-state index in [4.69, 9.17) is 4.74 Å². The minimum atomic E-state index is 0.758. The van der Waals surface area contributed by atoms with E-state index in [9.17, 15) is 0 Å². The van der Waals surface area contributed by atoms with Crippen LogP contribution < -0.4 is 0 Å². The number of aryl methyl sites for hydroxylation is 1. The number of aromatic nitrogens is 2. The van der Waals surface area contributed by atoms with Crippen molar-refractivity contribution in [1.82, 2.24) is 9.55 Å². The van der Waals surface area contributed by atoms with Gasteiger partial charge in [0.25, 0.3) is 0 Å². The average Bonchev–Trinajstić information content (AvgIpc) is 3.28. The summed E-state index contributed by atoms with van der Waals surface area (Å²) < 4.78 is 7.71. The molecule has 3 aromatic rings. The van der Waals surface area contributed by atoms with Gasteiger partial charge in [-0.25, -0.2) is 0 Å². The van der Waals surface area contributed by atoms with Crippen LogP contribution in [0, 0.1) is 0 Å². The molecular formula is C20H21N3O. The van der Waals surface area contributed by atoms with E-state index < -0.39 is 0 Å². The van der Waals surface area contributed by atoms with E-state index in [1.807, 2.05) is 18.5 Å². The maximum Gasteiger partial charge on any atom is 0.183 e. The standard InChI is InChI=1S/C20H21N3O/c1(4-10-20-22-12-13-24-20)6-16-15-23(17-7-5-11-21-14-17)19-9-3-2-8-18(16)19/h2-3,5,7-9,11,14-15H,1,4,6,10,12-13H2. The SMILES string of the molecule is c1cncc(-n2cc(CCCCC3=NCCO3)c3ccccc32)c1. The van der Waals surface area contributed by atoms with Gasteiger partial charge in [0.15, 0.2) is 5.90 Å². The maximum absolute atomic E-state index is 5.48. The van der Waals surface area contributed by atoms with Gasteiger partial charge in [-0.2, -0.15) is 0 Å². The molecule has 4 heteroatoms. The van der Waals surface area contributed by atoms with E-state index in [0.717, 1.165) is 50.4 Å². The van der Waals surface area contributed by atoms with Crippen molar-refractivity contribution in [2.24, 2.45) is 4.99 Å². The van der Waals surface area contributed by atoms with E-state index in [0.29, 0.717) is 0 Å². The van der Waals surface area contributed by atoms with E-state index in [-0.39, 0.29) is 0 Å². The number of nitrogens with zero attached hydrogens (tertiary/aromatic N) is 3. The lowest BCUT2D eigenvalue weighted by atomic mass is 10.1. The number of aliphatic imine (C=N–C) groups is 1. The molecule has 0 radical (unpaired) electrons. The predicted molar refractivity (Wildman–Crippen MR) is 96.9 cm³/mol. The van der Waals surface area contributed by atoms with Crippen LogP contribution in [-0.4, -0.2) is 28.6 Å². The highest BCUT2D eigenvalue weighted by Crippen LogP contribution is 2.26. The molecular weight excluding hydrogens is 298 g/mol. The van der Waals surface area contributed by atoms with Crippen molar-refractivity contribution in [2.45, 2.75) is 25.7 Å². The van der Waals surface area contributed by atoms with Gasteiger partial charge in [0, 0.05) is 24.2 Å². The molecule has 24 heavy (non-hydrogen) atoms.